The molecule has 2 fully saturated rings. The van der Waals surface area contributed by atoms with Crippen molar-refractivity contribution in [3.63, 3.8) is 0 Å². The first-order valence-corrected chi connectivity index (χ1v) is 12.6. The molecule has 1 aromatic heterocycles. The lowest BCUT2D eigenvalue weighted by Gasteiger charge is -2.41. The van der Waals surface area contributed by atoms with Crippen LogP contribution in [0.3, 0.4) is 0 Å². The van der Waals surface area contributed by atoms with Gasteiger partial charge in [0.1, 0.15) is 59.3 Å². The maximum absolute atomic E-state index is 13.0. The maximum atomic E-state index is 13.0. The molecular formula is C27H30O14. The molecule has 2 aliphatic heterocycles. The van der Waals surface area contributed by atoms with E-state index in [0.717, 1.165) is 0 Å². The van der Waals surface area contributed by atoms with Crippen LogP contribution in [0.4, 0.5) is 0 Å². The number of aliphatic hydroxyl groups excluding tert-OH is 5. The Morgan fingerprint density at radius 2 is 1.73 bits per heavy atom. The number of methoxy groups -OCH3 is 1. The van der Waals surface area contributed by atoms with Crippen LogP contribution in [0, 0.1) is 0 Å². The fourth-order valence-corrected chi connectivity index (χ4v) is 4.93. The van der Waals surface area contributed by atoms with Crippen LogP contribution in [0.25, 0.3) is 22.3 Å². The van der Waals surface area contributed by atoms with Gasteiger partial charge in [-0.05, 0) is 30.3 Å². The van der Waals surface area contributed by atoms with Crippen molar-refractivity contribution >= 4 is 11.0 Å². The number of fused-ring (bicyclic) bond motifs is 1. The van der Waals surface area contributed by atoms with E-state index in [9.17, 15) is 45.6 Å². The summed E-state index contributed by atoms with van der Waals surface area (Å²) >= 11 is 0. The standard InChI is InChI=1S/C27H30O14/c1-37-17-6-11(2-4-13(17)29)16-7-15(31)12-3-5-14(30)19(23(12)40-16)24-22(34)21(33)20(32)18(41-24)8-38-26-25(35)27(36,9-28)10-39-26/h2-7,18,20-22,24-26,28-30,32-36H,8-10H2,1H3. The van der Waals surface area contributed by atoms with Gasteiger partial charge in [0.05, 0.1) is 37.9 Å². The lowest BCUT2D eigenvalue weighted by atomic mass is 9.90. The second-order valence-corrected chi connectivity index (χ2v) is 10.0. The smallest absolute Gasteiger partial charge is 0.193 e. The molecular weight excluding hydrogens is 548 g/mol. The normalized spacial score (nSPS) is 31.9. The van der Waals surface area contributed by atoms with E-state index in [1.165, 1.54) is 43.5 Å². The molecule has 14 nitrogen and oxygen atoms in total. The summed E-state index contributed by atoms with van der Waals surface area (Å²) in [5, 5.41) is 82.6. The summed E-state index contributed by atoms with van der Waals surface area (Å²) in [5.74, 6) is -0.451. The molecule has 0 bridgehead atoms. The van der Waals surface area contributed by atoms with E-state index in [4.69, 9.17) is 23.4 Å². The van der Waals surface area contributed by atoms with Gasteiger partial charge in [0, 0.05) is 11.6 Å². The Morgan fingerprint density at radius 3 is 2.41 bits per heavy atom. The van der Waals surface area contributed by atoms with Crippen LogP contribution >= 0.6 is 0 Å². The van der Waals surface area contributed by atoms with Gasteiger partial charge in [-0.1, -0.05) is 0 Å². The fraction of sp³-hybridized carbons (Fsp3) is 0.444. The summed E-state index contributed by atoms with van der Waals surface area (Å²) in [6.07, 6.45) is -11.2. The highest BCUT2D eigenvalue weighted by Crippen LogP contribution is 2.42. The van der Waals surface area contributed by atoms with Gasteiger partial charge in [0.15, 0.2) is 23.2 Å². The number of ether oxygens (including phenoxy) is 4. The first-order chi connectivity index (χ1) is 19.5. The van der Waals surface area contributed by atoms with E-state index in [1.54, 1.807) is 0 Å². The summed E-state index contributed by atoms with van der Waals surface area (Å²) in [6.45, 7) is -1.74. The van der Waals surface area contributed by atoms with Crippen molar-refractivity contribution in [3.05, 3.63) is 52.2 Å². The maximum Gasteiger partial charge on any atom is 0.193 e. The summed E-state index contributed by atoms with van der Waals surface area (Å²) in [6, 6.07) is 7.94. The van der Waals surface area contributed by atoms with Crippen molar-refractivity contribution in [2.75, 3.05) is 26.9 Å². The molecule has 3 aromatic rings. The van der Waals surface area contributed by atoms with Crippen molar-refractivity contribution in [1.29, 1.82) is 0 Å². The third-order valence-electron chi connectivity index (χ3n) is 7.38. The molecule has 2 aromatic carbocycles. The van der Waals surface area contributed by atoms with Crippen LogP contribution in [0.1, 0.15) is 11.7 Å². The molecule has 0 radical (unpaired) electrons. The van der Waals surface area contributed by atoms with Crippen LogP contribution < -0.4 is 10.2 Å². The van der Waals surface area contributed by atoms with Crippen molar-refractivity contribution in [3.8, 4) is 28.6 Å². The quantitative estimate of drug-likeness (QED) is 0.166. The minimum atomic E-state index is -1.96. The summed E-state index contributed by atoms with van der Waals surface area (Å²) in [7, 11) is 1.35. The third kappa shape index (κ3) is 5.14. The SMILES string of the molecule is COc1cc(-c2cc(=O)c3ccc(O)c(C4OC(COC5OCC(O)(CO)C5O)C(O)C(O)C4O)c3o2)ccc1O. The number of rotatable bonds is 7. The summed E-state index contributed by atoms with van der Waals surface area (Å²) in [5.41, 5.74) is -2.49. The number of aromatic hydroxyl groups is 2. The molecule has 2 saturated heterocycles. The number of phenols is 2. The molecule has 8 N–H and O–H groups in total. The average molecular weight is 579 g/mol. The topological polar surface area (TPSA) is 229 Å². The molecule has 14 heteroatoms. The Labute approximate surface area is 231 Å². The predicted molar refractivity (Wildman–Crippen MR) is 137 cm³/mol. The van der Waals surface area contributed by atoms with Crippen molar-refractivity contribution < 1.29 is 64.2 Å². The first-order valence-electron chi connectivity index (χ1n) is 12.6. The summed E-state index contributed by atoms with van der Waals surface area (Å²) in [4.78, 5) is 13.0. The average Bonchev–Trinajstić information content (AvgIpc) is 3.25. The van der Waals surface area contributed by atoms with Gasteiger partial charge < -0.3 is 64.2 Å². The van der Waals surface area contributed by atoms with Crippen molar-refractivity contribution in [1.82, 2.24) is 0 Å². The molecule has 2 aliphatic rings. The van der Waals surface area contributed by atoms with Crippen molar-refractivity contribution in [2.45, 2.75) is 48.5 Å². The van der Waals surface area contributed by atoms with Crippen LogP contribution in [-0.2, 0) is 14.2 Å². The second-order valence-electron chi connectivity index (χ2n) is 10.0. The number of phenolic OH excluding ortho intramolecular Hbond substituents is 2. The van der Waals surface area contributed by atoms with Gasteiger partial charge in [-0.15, -0.1) is 0 Å². The van der Waals surface area contributed by atoms with Gasteiger partial charge in [-0.2, -0.15) is 0 Å². The lowest BCUT2D eigenvalue weighted by molar-refractivity contribution is -0.252. The molecule has 0 aliphatic carbocycles. The molecule has 3 heterocycles. The Bertz CT molecular complexity index is 1470. The minimum Gasteiger partial charge on any atom is -0.507 e. The van der Waals surface area contributed by atoms with Gasteiger partial charge in [-0.3, -0.25) is 4.79 Å². The van der Waals surface area contributed by atoms with Crippen LogP contribution in [0.2, 0.25) is 0 Å². The number of aliphatic hydroxyl groups is 6. The van der Waals surface area contributed by atoms with Gasteiger partial charge in [0.25, 0.3) is 0 Å². The van der Waals surface area contributed by atoms with Crippen LogP contribution in [0.5, 0.6) is 17.2 Å². The zero-order chi connectivity index (χ0) is 29.6. The van der Waals surface area contributed by atoms with E-state index in [1.807, 2.05) is 0 Å². The number of hydrogen-bond donors (Lipinski definition) is 8. The Kier molecular flexibility index (Phi) is 7.95. The monoisotopic (exact) mass is 578 g/mol. The molecule has 8 unspecified atom stereocenters. The van der Waals surface area contributed by atoms with E-state index < -0.39 is 79.5 Å². The highest BCUT2D eigenvalue weighted by Gasteiger charge is 2.50. The number of hydrogen-bond acceptors (Lipinski definition) is 14. The lowest BCUT2D eigenvalue weighted by Crippen LogP contribution is -2.56. The van der Waals surface area contributed by atoms with E-state index >= 15 is 0 Å². The highest BCUT2D eigenvalue weighted by atomic mass is 16.7. The second kappa shape index (κ2) is 11.2. The van der Waals surface area contributed by atoms with Crippen LogP contribution in [-0.4, -0.2) is 110 Å². The highest BCUT2D eigenvalue weighted by molar-refractivity contribution is 5.84. The fourth-order valence-electron chi connectivity index (χ4n) is 4.93. The van der Waals surface area contributed by atoms with E-state index in [-0.39, 0.29) is 33.8 Å². The predicted octanol–water partition coefficient (Wildman–Crippen LogP) is -1.14. The zero-order valence-electron chi connectivity index (χ0n) is 21.7. The third-order valence-corrected chi connectivity index (χ3v) is 7.38. The van der Waals surface area contributed by atoms with Gasteiger partial charge >= 0.3 is 0 Å². The van der Waals surface area contributed by atoms with Crippen molar-refractivity contribution in [2.24, 2.45) is 0 Å². The van der Waals surface area contributed by atoms with E-state index in [0.29, 0.717) is 5.56 Å². The van der Waals surface area contributed by atoms with Crippen LogP contribution in [0.15, 0.2) is 45.6 Å². The van der Waals surface area contributed by atoms with E-state index in [2.05, 4.69) is 0 Å². The number of benzene rings is 2. The molecule has 8 atom stereocenters. The first kappa shape index (κ1) is 29.2. The largest absolute Gasteiger partial charge is 0.507 e. The molecule has 0 saturated carbocycles. The zero-order valence-corrected chi connectivity index (χ0v) is 21.7. The Balaban J connectivity index is 1.50. The summed E-state index contributed by atoms with van der Waals surface area (Å²) < 4.78 is 27.6. The van der Waals surface area contributed by atoms with Gasteiger partial charge in [0.2, 0.25) is 0 Å². The Morgan fingerprint density at radius 1 is 1.00 bits per heavy atom. The molecule has 0 amide bonds. The molecule has 222 valence electrons. The minimum absolute atomic E-state index is 0.0160. The van der Waals surface area contributed by atoms with Gasteiger partial charge in [-0.25, -0.2) is 0 Å². The molecule has 41 heavy (non-hydrogen) atoms. The molecule has 0 spiro atoms. The molecule has 5 rings (SSSR count). The Hall–Kier alpha value is -3.31.